The molecule has 0 spiro atoms. The summed E-state index contributed by atoms with van der Waals surface area (Å²) >= 11 is 7.42. The Hall–Kier alpha value is -0.180. The van der Waals surface area contributed by atoms with Crippen LogP contribution in [0.5, 0.6) is 0 Å². The van der Waals surface area contributed by atoms with E-state index in [1.54, 1.807) is 0 Å². The lowest BCUT2D eigenvalue weighted by molar-refractivity contribution is -0.148. The molecule has 0 N–H and O–H groups in total. The quantitative estimate of drug-likeness (QED) is 0.0402. The zero-order chi connectivity index (χ0) is 41.5. The third-order valence-corrected chi connectivity index (χ3v) is 17.8. The third kappa shape index (κ3) is 24.5. The standard InChI is InChI=1S/C50H88O4S4/c1-5-7-9-14-21-27-47-43(25-19-8-6-2)31-32-44(26-20-15-10-12-17-23-29-49(51)53-45-37-55-33-41(3)34-56-38-45)48(47)28-22-16-11-13-18-24-30-50(52)54-46-39-57-35-42(4)36-58-40-46/h43-48H,3-40H2,1-2H3. The van der Waals surface area contributed by atoms with Gasteiger partial charge in [0, 0.05) is 58.9 Å². The zero-order valence-corrected chi connectivity index (χ0v) is 40.9. The molecule has 8 heteroatoms. The second-order valence-corrected chi connectivity index (χ2v) is 22.3. The molecule has 4 atom stereocenters. The van der Waals surface area contributed by atoms with Crippen LogP contribution in [0.2, 0.25) is 0 Å². The number of unbranched alkanes of at least 4 members (excludes halogenated alkanes) is 16. The van der Waals surface area contributed by atoms with Gasteiger partial charge in [-0.15, -0.1) is 0 Å². The Morgan fingerprint density at radius 2 is 0.776 bits per heavy atom. The molecule has 2 saturated heterocycles. The fraction of sp³-hybridized carbons (Fsp3) is 0.880. The van der Waals surface area contributed by atoms with E-state index in [0.717, 1.165) is 95.4 Å². The molecule has 0 aromatic rings. The summed E-state index contributed by atoms with van der Waals surface area (Å²) in [5, 5.41) is 0. The van der Waals surface area contributed by atoms with Crippen molar-refractivity contribution < 1.29 is 19.1 Å². The molecule has 1 aliphatic carbocycles. The highest BCUT2D eigenvalue weighted by atomic mass is 32.2. The molecule has 3 rings (SSSR count). The van der Waals surface area contributed by atoms with E-state index in [0.29, 0.717) is 12.8 Å². The van der Waals surface area contributed by atoms with Gasteiger partial charge < -0.3 is 9.47 Å². The third-order valence-electron chi connectivity index (χ3n) is 12.9. The molecule has 0 aromatic heterocycles. The van der Waals surface area contributed by atoms with Gasteiger partial charge in [0.25, 0.3) is 0 Å². The van der Waals surface area contributed by atoms with Crippen molar-refractivity contribution in [2.45, 2.75) is 206 Å². The second kappa shape index (κ2) is 34.3. The molecule has 0 bridgehead atoms. The van der Waals surface area contributed by atoms with Crippen LogP contribution in [0.3, 0.4) is 0 Å². The van der Waals surface area contributed by atoms with Gasteiger partial charge in [-0.1, -0.05) is 167 Å². The Morgan fingerprint density at radius 3 is 1.17 bits per heavy atom. The van der Waals surface area contributed by atoms with Gasteiger partial charge in [-0.2, -0.15) is 47.0 Å². The second-order valence-electron chi connectivity index (χ2n) is 18.2. The first-order valence-electron chi connectivity index (χ1n) is 24.4. The van der Waals surface area contributed by atoms with Crippen LogP contribution in [0.4, 0.5) is 0 Å². The number of carbonyl (C=O) groups excluding carboxylic acids is 2. The van der Waals surface area contributed by atoms with Crippen molar-refractivity contribution in [2.24, 2.45) is 23.7 Å². The van der Waals surface area contributed by atoms with Crippen molar-refractivity contribution in [2.75, 3.05) is 46.0 Å². The molecule has 0 amide bonds. The Kier molecular flexibility index (Phi) is 30.9. The maximum atomic E-state index is 12.6. The lowest BCUT2D eigenvalue weighted by Crippen LogP contribution is -2.35. The van der Waals surface area contributed by atoms with Gasteiger partial charge in [-0.3, -0.25) is 9.59 Å². The largest absolute Gasteiger partial charge is 0.461 e. The van der Waals surface area contributed by atoms with Gasteiger partial charge in [0.2, 0.25) is 0 Å². The maximum Gasteiger partial charge on any atom is 0.306 e. The van der Waals surface area contributed by atoms with E-state index in [1.165, 1.54) is 152 Å². The molecule has 3 aliphatic rings. The first-order chi connectivity index (χ1) is 28.4. The number of ether oxygens (including phenoxy) is 2. The fourth-order valence-corrected chi connectivity index (χ4v) is 14.1. The van der Waals surface area contributed by atoms with Crippen molar-refractivity contribution in [1.82, 2.24) is 0 Å². The number of rotatable bonds is 30. The predicted octanol–water partition coefficient (Wildman–Crippen LogP) is 15.3. The van der Waals surface area contributed by atoms with Gasteiger partial charge in [0.1, 0.15) is 12.2 Å². The van der Waals surface area contributed by atoms with E-state index in [-0.39, 0.29) is 24.1 Å². The van der Waals surface area contributed by atoms with Crippen LogP contribution in [0, 0.1) is 23.7 Å². The molecule has 0 aromatic carbocycles. The van der Waals surface area contributed by atoms with Gasteiger partial charge >= 0.3 is 11.9 Å². The summed E-state index contributed by atoms with van der Waals surface area (Å²) in [5.74, 6) is 11.3. The first kappa shape index (κ1) is 52.2. The van der Waals surface area contributed by atoms with E-state index in [4.69, 9.17) is 9.47 Å². The highest BCUT2D eigenvalue weighted by Crippen LogP contribution is 2.48. The molecule has 58 heavy (non-hydrogen) atoms. The van der Waals surface area contributed by atoms with Gasteiger partial charge in [0.05, 0.1) is 0 Å². The summed E-state index contributed by atoms with van der Waals surface area (Å²) in [6.45, 7) is 12.9. The van der Waals surface area contributed by atoms with Crippen molar-refractivity contribution in [3.05, 3.63) is 24.3 Å². The van der Waals surface area contributed by atoms with Crippen LogP contribution in [0.1, 0.15) is 194 Å². The Balaban J connectivity index is 1.38. The van der Waals surface area contributed by atoms with Crippen molar-refractivity contribution in [1.29, 1.82) is 0 Å². The highest BCUT2D eigenvalue weighted by molar-refractivity contribution is 8.01. The van der Waals surface area contributed by atoms with Gasteiger partial charge in [-0.25, -0.2) is 0 Å². The fourth-order valence-electron chi connectivity index (χ4n) is 9.70. The molecule has 336 valence electrons. The van der Waals surface area contributed by atoms with Crippen LogP contribution in [0.15, 0.2) is 24.3 Å². The minimum absolute atomic E-state index is 0.00515. The average Bonchev–Trinajstić information content (AvgIpc) is 3.19. The number of hydrogen-bond donors (Lipinski definition) is 0. The van der Waals surface area contributed by atoms with E-state index in [1.807, 2.05) is 47.0 Å². The Morgan fingerprint density at radius 1 is 0.466 bits per heavy atom. The molecular weight excluding hydrogens is 793 g/mol. The molecule has 2 aliphatic heterocycles. The van der Waals surface area contributed by atoms with Gasteiger partial charge in [-0.05, 0) is 62.2 Å². The van der Waals surface area contributed by atoms with E-state index in [2.05, 4.69) is 27.0 Å². The van der Waals surface area contributed by atoms with Crippen molar-refractivity contribution in [3.63, 3.8) is 0 Å². The Labute approximate surface area is 375 Å². The lowest BCUT2D eigenvalue weighted by Gasteiger charge is -2.44. The average molecular weight is 882 g/mol. The molecule has 0 radical (unpaired) electrons. The maximum absolute atomic E-state index is 12.6. The summed E-state index contributed by atoms with van der Waals surface area (Å²) in [7, 11) is 0. The van der Waals surface area contributed by atoms with Crippen LogP contribution in [0.25, 0.3) is 0 Å². The van der Waals surface area contributed by atoms with E-state index < -0.39 is 0 Å². The molecule has 4 unspecified atom stereocenters. The minimum atomic E-state index is 0.00515. The van der Waals surface area contributed by atoms with Crippen molar-refractivity contribution >= 4 is 59.0 Å². The SMILES string of the molecule is C=C1CSCC(OC(=O)CCCCCCCCC2CCC(CCCCC)C(CCCCCCC)C2CCCCCCCCC(=O)OC2CSCC(=C)CSC2)CSC1. The lowest BCUT2D eigenvalue weighted by atomic mass is 9.61. The van der Waals surface area contributed by atoms with E-state index >= 15 is 0 Å². The number of esters is 2. The number of hydrogen-bond acceptors (Lipinski definition) is 8. The molecule has 1 saturated carbocycles. The van der Waals surface area contributed by atoms with Crippen LogP contribution >= 0.6 is 47.0 Å². The molecule has 2 heterocycles. The van der Waals surface area contributed by atoms with Crippen LogP contribution in [-0.4, -0.2) is 70.2 Å². The summed E-state index contributed by atoms with van der Waals surface area (Å²) in [6, 6.07) is 0. The normalized spacial score (nSPS) is 22.9. The summed E-state index contributed by atoms with van der Waals surface area (Å²) < 4.78 is 11.7. The monoisotopic (exact) mass is 881 g/mol. The van der Waals surface area contributed by atoms with E-state index in [9.17, 15) is 9.59 Å². The van der Waals surface area contributed by atoms with Gasteiger partial charge in [0.15, 0.2) is 0 Å². The summed E-state index contributed by atoms with van der Waals surface area (Å²) in [6.07, 6.45) is 36.0. The molecule has 3 fully saturated rings. The summed E-state index contributed by atoms with van der Waals surface area (Å²) in [5.41, 5.74) is 2.58. The molecular formula is C50H88O4S4. The number of carbonyl (C=O) groups is 2. The predicted molar refractivity (Wildman–Crippen MR) is 262 cm³/mol. The highest BCUT2D eigenvalue weighted by Gasteiger charge is 2.37. The molecule has 4 nitrogen and oxygen atoms in total. The van der Waals surface area contributed by atoms with Crippen LogP contribution < -0.4 is 0 Å². The smallest absolute Gasteiger partial charge is 0.306 e. The minimum Gasteiger partial charge on any atom is -0.461 e. The first-order valence-corrected chi connectivity index (χ1v) is 29.0. The number of thioether (sulfide) groups is 4. The topological polar surface area (TPSA) is 52.6 Å². The van der Waals surface area contributed by atoms with Crippen LogP contribution in [-0.2, 0) is 19.1 Å². The Bertz CT molecular complexity index is 1080. The summed E-state index contributed by atoms with van der Waals surface area (Å²) in [4.78, 5) is 25.1. The zero-order valence-electron chi connectivity index (χ0n) is 37.6. The van der Waals surface area contributed by atoms with Crippen molar-refractivity contribution in [3.8, 4) is 0 Å².